The molecule has 1 aromatic rings. The Bertz CT molecular complexity index is 384. The van der Waals surface area contributed by atoms with Crippen LogP contribution in [0, 0.1) is 12.5 Å². The zero-order chi connectivity index (χ0) is 14.8. The number of carbonyl (C=O) groups excluding carboxylic acids is 1. The molecule has 0 aromatic heterocycles. The fourth-order valence-electron chi connectivity index (χ4n) is 1.78. The van der Waals surface area contributed by atoms with E-state index in [1.807, 2.05) is 37.3 Å². The van der Waals surface area contributed by atoms with Crippen LogP contribution in [0.15, 0.2) is 30.3 Å². The van der Waals surface area contributed by atoms with Gasteiger partial charge in [-0.2, -0.15) is 5.48 Å². The molecule has 1 rings (SSSR count). The summed E-state index contributed by atoms with van der Waals surface area (Å²) in [6, 6.07) is 9.47. The summed E-state index contributed by atoms with van der Waals surface area (Å²) in [5.41, 5.74) is 3.85. The van der Waals surface area contributed by atoms with Crippen molar-refractivity contribution < 1.29 is 14.4 Å². The molecule has 2 atom stereocenters. The maximum Gasteiger partial charge on any atom is 0.323 e. The van der Waals surface area contributed by atoms with Crippen LogP contribution in [0.3, 0.4) is 0 Å². The van der Waals surface area contributed by atoms with Crippen LogP contribution in [0.1, 0.15) is 19.4 Å². The van der Waals surface area contributed by atoms with E-state index in [4.69, 9.17) is 9.57 Å². The summed E-state index contributed by atoms with van der Waals surface area (Å²) in [5, 5.41) is 2.94. The molecule has 0 aliphatic carbocycles. The van der Waals surface area contributed by atoms with Crippen LogP contribution in [0.25, 0.3) is 0 Å². The first-order valence-corrected chi connectivity index (χ1v) is 6.77. The molecule has 0 saturated heterocycles. The molecule has 0 aliphatic heterocycles. The first-order chi connectivity index (χ1) is 9.69. The van der Waals surface area contributed by atoms with Crippen molar-refractivity contribution in [2.24, 2.45) is 5.92 Å². The third kappa shape index (κ3) is 5.69. The van der Waals surface area contributed by atoms with E-state index in [9.17, 15) is 4.79 Å². The van der Waals surface area contributed by atoms with Crippen molar-refractivity contribution in [3.63, 3.8) is 0 Å². The van der Waals surface area contributed by atoms with E-state index >= 15 is 0 Å². The van der Waals surface area contributed by atoms with Crippen molar-refractivity contribution in [2.75, 3.05) is 13.7 Å². The van der Waals surface area contributed by atoms with Crippen molar-refractivity contribution in [3.05, 3.63) is 42.4 Å². The van der Waals surface area contributed by atoms with Crippen molar-refractivity contribution in [1.82, 2.24) is 10.8 Å². The van der Waals surface area contributed by atoms with Crippen LogP contribution in [0.4, 0.5) is 0 Å². The summed E-state index contributed by atoms with van der Waals surface area (Å²) in [6.07, 6.45) is 0. The predicted molar refractivity (Wildman–Crippen MR) is 77.3 cm³/mol. The molecule has 0 unspecified atom stereocenters. The number of hydrogen-bond donors (Lipinski definition) is 2. The van der Waals surface area contributed by atoms with Crippen LogP contribution in [0.2, 0.25) is 0 Å². The quantitative estimate of drug-likeness (QED) is 0.409. The second-order valence-corrected chi connectivity index (χ2v) is 4.44. The second-order valence-electron chi connectivity index (χ2n) is 4.44. The molecule has 20 heavy (non-hydrogen) atoms. The van der Waals surface area contributed by atoms with Crippen molar-refractivity contribution in [1.29, 1.82) is 0 Å². The highest BCUT2D eigenvalue weighted by Crippen LogP contribution is 2.07. The summed E-state index contributed by atoms with van der Waals surface area (Å²) in [4.78, 5) is 17.0. The molecule has 5 nitrogen and oxygen atoms in total. The molecule has 0 amide bonds. The fraction of sp³-hybridized carbons (Fsp3) is 0.467. The number of rotatable bonds is 9. The lowest BCUT2D eigenvalue weighted by molar-refractivity contribution is -0.146. The highest BCUT2D eigenvalue weighted by atomic mass is 16.6. The Hall–Kier alpha value is -1.43. The van der Waals surface area contributed by atoms with Gasteiger partial charge in [0.05, 0.1) is 19.8 Å². The van der Waals surface area contributed by atoms with E-state index in [-0.39, 0.29) is 17.9 Å². The minimum atomic E-state index is -0.386. The average molecular weight is 279 g/mol. The Morgan fingerprint density at radius 3 is 2.65 bits per heavy atom. The Balaban J connectivity index is 2.27. The first-order valence-electron chi connectivity index (χ1n) is 6.77. The molecule has 1 aromatic carbocycles. The third-order valence-corrected chi connectivity index (χ3v) is 2.87. The fourth-order valence-corrected chi connectivity index (χ4v) is 1.78. The van der Waals surface area contributed by atoms with Crippen LogP contribution in [-0.2, 0) is 21.0 Å². The lowest BCUT2D eigenvalue weighted by atomic mass is 10.0. The molecular weight excluding hydrogens is 256 g/mol. The standard InChI is InChI=1S/C15H23N2O3/c1-4-19-15(18)14(16-3)12(2)10-17-20-11-13-8-6-5-7-9-13/h5-10,12,14,16-17H,4,11H2,1-3H3/t12-,14+/m0/s1. The lowest BCUT2D eigenvalue weighted by Gasteiger charge is -2.21. The monoisotopic (exact) mass is 279 g/mol. The molecule has 2 N–H and O–H groups in total. The normalized spacial score (nSPS) is 13.8. The highest BCUT2D eigenvalue weighted by Gasteiger charge is 2.24. The van der Waals surface area contributed by atoms with Gasteiger partial charge in [0.25, 0.3) is 0 Å². The zero-order valence-corrected chi connectivity index (χ0v) is 12.3. The van der Waals surface area contributed by atoms with Gasteiger partial charge in [-0.3, -0.25) is 9.63 Å². The molecule has 1 radical (unpaired) electrons. The average Bonchev–Trinajstić information content (AvgIpc) is 2.46. The maximum atomic E-state index is 11.7. The number of hydroxylamine groups is 1. The van der Waals surface area contributed by atoms with Gasteiger partial charge in [0.15, 0.2) is 0 Å². The van der Waals surface area contributed by atoms with E-state index in [2.05, 4.69) is 10.8 Å². The van der Waals surface area contributed by atoms with E-state index in [0.29, 0.717) is 13.2 Å². The van der Waals surface area contributed by atoms with Gasteiger partial charge in [0, 0.05) is 5.92 Å². The Morgan fingerprint density at radius 2 is 2.05 bits per heavy atom. The van der Waals surface area contributed by atoms with E-state index in [1.165, 1.54) is 0 Å². The topological polar surface area (TPSA) is 59.6 Å². The van der Waals surface area contributed by atoms with Gasteiger partial charge in [-0.1, -0.05) is 37.3 Å². The van der Waals surface area contributed by atoms with Crippen LogP contribution < -0.4 is 10.8 Å². The molecule has 0 bridgehead atoms. The van der Waals surface area contributed by atoms with Gasteiger partial charge in [-0.25, -0.2) is 0 Å². The van der Waals surface area contributed by atoms with E-state index in [1.54, 1.807) is 20.5 Å². The number of nitrogens with one attached hydrogen (secondary N) is 2. The van der Waals surface area contributed by atoms with Gasteiger partial charge in [0.1, 0.15) is 6.04 Å². The zero-order valence-electron chi connectivity index (χ0n) is 12.3. The number of hydrogen-bond acceptors (Lipinski definition) is 5. The summed E-state index contributed by atoms with van der Waals surface area (Å²) in [6.45, 7) is 6.29. The minimum Gasteiger partial charge on any atom is -0.465 e. The van der Waals surface area contributed by atoms with E-state index in [0.717, 1.165) is 5.56 Å². The number of esters is 1. The summed E-state index contributed by atoms with van der Waals surface area (Å²) in [5.74, 6) is -0.321. The Morgan fingerprint density at radius 1 is 1.35 bits per heavy atom. The van der Waals surface area contributed by atoms with Crippen LogP contribution in [-0.4, -0.2) is 25.7 Å². The largest absolute Gasteiger partial charge is 0.465 e. The smallest absolute Gasteiger partial charge is 0.323 e. The number of carbonyl (C=O) groups is 1. The van der Waals surface area contributed by atoms with Crippen molar-refractivity contribution in [2.45, 2.75) is 26.5 Å². The predicted octanol–water partition coefficient (Wildman–Crippen LogP) is 1.66. The summed E-state index contributed by atoms with van der Waals surface area (Å²) in [7, 11) is 1.73. The maximum absolute atomic E-state index is 11.7. The van der Waals surface area contributed by atoms with Crippen LogP contribution >= 0.6 is 0 Å². The molecular formula is C15H23N2O3. The molecule has 0 aliphatic rings. The molecule has 111 valence electrons. The van der Waals surface area contributed by atoms with Crippen LogP contribution in [0.5, 0.6) is 0 Å². The summed E-state index contributed by atoms with van der Waals surface area (Å²) >= 11 is 0. The SMILES string of the molecule is CCOC(=O)[C@H](NC)[C@@H](C)[CH]NOCc1ccccc1. The number of ether oxygens (including phenoxy) is 1. The number of likely N-dealkylation sites (N-methyl/N-ethyl adjacent to an activating group) is 1. The Kier molecular flexibility index (Phi) is 7.87. The second kappa shape index (κ2) is 9.47. The van der Waals surface area contributed by atoms with E-state index < -0.39 is 0 Å². The van der Waals surface area contributed by atoms with Gasteiger partial charge in [-0.05, 0) is 19.5 Å². The third-order valence-electron chi connectivity index (χ3n) is 2.87. The first kappa shape index (κ1) is 16.6. The van der Waals surface area contributed by atoms with Gasteiger partial charge in [0.2, 0.25) is 0 Å². The van der Waals surface area contributed by atoms with Crippen molar-refractivity contribution in [3.8, 4) is 0 Å². The number of benzene rings is 1. The van der Waals surface area contributed by atoms with Gasteiger partial charge < -0.3 is 10.1 Å². The molecule has 0 spiro atoms. The summed E-state index contributed by atoms with van der Waals surface area (Å²) < 4.78 is 5.00. The van der Waals surface area contributed by atoms with Gasteiger partial charge >= 0.3 is 5.97 Å². The van der Waals surface area contributed by atoms with Gasteiger partial charge in [-0.15, -0.1) is 0 Å². The highest BCUT2D eigenvalue weighted by molar-refractivity contribution is 5.76. The Labute approximate surface area is 120 Å². The van der Waals surface area contributed by atoms with Crippen molar-refractivity contribution >= 4 is 5.97 Å². The molecule has 0 heterocycles. The molecule has 0 fully saturated rings. The lowest BCUT2D eigenvalue weighted by Crippen LogP contribution is -2.42. The minimum absolute atomic E-state index is 0.0603. The molecule has 0 saturated carbocycles. The molecule has 5 heteroatoms.